The number of nitrogens with zero attached hydrogens (tertiary/aromatic N) is 2. The van der Waals surface area contributed by atoms with Crippen molar-refractivity contribution in [2.75, 3.05) is 38.7 Å². The van der Waals surface area contributed by atoms with E-state index in [1.807, 2.05) is 18.2 Å². The minimum absolute atomic E-state index is 0.0468. The summed E-state index contributed by atoms with van der Waals surface area (Å²) in [6, 6.07) is 7.39. The standard InChI is InChI=1S/C20H25ClN4O3S/c1-28-12-4-9-22-18(26)14-7-10-25(11-8-14)19(27)17-13-29-20(24-17)23-16-6-3-2-5-15(16)21/h2-3,5-6,13-14H,4,7-12H2,1H3,(H,22,26)(H,23,24). The van der Waals surface area contributed by atoms with Gasteiger partial charge in [-0.3, -0.25) is 9.59 Å². The van der Waals surface area contributed by atoms with Crippen molar-refractivity contribution in [3.8, 4) is 0 Å². The first-order valence-electron chi connectivity index (χ1n) is 9.61. The summed E-state index contributed by atoms with van der Waals surface area (Å²) >= 11 is 7.51. The molecule has 0 bridgehead atoms. The van der Waals surface area contributed by atoms with E-state index >= 15 is 0 Å². The molecule has 0 aliphatic carbocycles. The van der Waals surface area contributed by atoms with Gasteiger partial charge in [0.05, 0.1) is 10.7 Å². The van der Waals surface area contributed by atoms with Gasteiger partial charge < -0.3 is 20.3 Å². The quantitative estimate of drug-likeness (QED) is 0.618. The third kappa shape index (κ3) is 5.91. The second-order valence-electron chi connectivity index (χ2n) is 6.85. The third-order valence-electron chi connectivity index (χ3n) is 4.82. The lowest BCUT2D eigenvalue weighted by Gasteiger charge is -2.30. The number of carbonyl (C=O) groups is 2. The fraction of sp³-hybridized carbons (Fsp3) is 0.450. The van der Waals surface area contributed by atoms with Crippen LogP contribution in [0.5, 0.6) is 0 Å². The first-order valence-corrected chi connectivity index (χ1v) is 10.9. The lowest BCUT2D eigenvalue weighted by atomic mass is 9.95. The molecular formula is C20H25ClN4O3S. The molecule has 1 aromatic carbocycles. The number of hydrogen-bond donors (Lipinski definition) is 2. The van der Waals surface area contributed by atoms with Gasteiger partial charge in [-0.05, 0) is 31.4 Å². The number of benzene rings is 1. The summed E-state index contributed by atoms with van der Waals surface area (Å²) < 4.78 is 4.98. The van der Waals surface area contributed by atoms with Gasteiger partial charge in [0, 0.05) is 44.6 Å². The molecular weight excluding hydrogens is 412 g/mol. The molecule has 7 nitrogen and oxygen atoms in total. The van der Waals surface area contributed by atoms with Gasteiger partial charge >= 0.3 is 0 Å². The molecule has 29 heavy (non-hydrogen) atoms. The maximum Gasteiger partial charge on any atom is 0.273 e. The molecule has 1 aliphatic heterocycles. The van der Waals surface area contributed by atoms with Gasteiger partial charge in [0.1, 0.15) is 5.69 Å². The Labute approximate surface area is 179 Å². The van der Waals surface area contributed by atoms with Crippen molar-refractivity contribution < 1.29 is 14.3 Å². The second-order valence-corrected chi connectivity index (χ2v) is 8.11. The summed E-state index contributed by atoms with van der Waals surface area (Å²) in [5.41, 5.74) is 1.16. The first-order chi connectivity index (χ1) is 14.1. The molecule has 2 aromatic rings. The lowest BCUT2D eigenvalue weighted by Crippen LogP contribution is -2.43. The molecule has 2 amide bonds. The van der Waals surface area contributed by atoms with Crippen molar-refractivity contribution >= 4 is 45.6 Å². The van der Waals surface area contributed by atoms with Crippen LogP contribution in [0.25, 0.3) is 0 Å². The monoisotopic (exact) mass is 436 g/mol. The highest BCUT2D eigenvalue weighted by atomic mass is 35.5. The zero-order valence-corrected chi connectivity index (χ0v) is 17.9. The van der Waals surface area contributed by atoms with Crippen molar-refractivity contribution in [2.45, 2.75) is 19.3 Å². The van der Waals surface area contributed by atoms with Crippen LogP contribution in [0.2, 0.25) is 5.02 Å². The van der Waals surface area contributed by atoms with Crippen LogP contribution in [0.15, 0.2) is 29.6 Å². The number of likely N-dealkylation sites (tertiary alicyclic amines) is 1. The van der Waals surface area contributed by atoms with Crippen molar-refractivity contribution in [3.63, 3.8) is 0 Å². The van der Waals surface area contributed by atoms with Gasteiger partial charge in [0.15, 0.2) is 5.13 Å². The smallest absolute Gasteiger partial charge is 0.273 e. The van der Waals surface area contributed by atoms with Crippen LogP contribution >= 0.6 is 22.9 Å². The molecule has 1 saturated heterocycles. The zero-order chi connectivity index (χ0) is 20.6. The van der Waals surface area contributed by atoms with Crippen molar-refractivity contribution in [1.29, 1.82) is 0 Å². The van der Waals surface area contributed by atoms with Gasteiger partial charge in [-0.2, -0.15) is 0 Å². The first kappa shape index (κ1) is 21.5. The number of ether oxygens (including phenoxy) is 1. The molecule has 0 spiro atoms. The number of nitrogens with one attached hydrogen (secondary N) is 2. The van der Waals surface area contributed by atoms with Gasteiger partial charge in [0.2, 0.25) is 5.91 Å². The Balaban J connectivity index is 1.49. The number of methoxy groups -OCH3 is 1. The average molecular weight is 437 g/mol. The Bertz CT molecular complexity index is 837. The van der Waals surface area contributed by atoms with Crippen LogP contribution in [0.4, 0.5) is 10.8 Å². The number of rotatable bonds is 8. The largest absolute Gasteiger partial charge is 0.385 e. The van der Waals surface area contributed by atoms with E-state index in [1.165, 1.54) is 11.3 Å². The van der Waals surface area contributed by atoms with Crippen molar-refractivity contribution in [2.24, 2.45) is 5.92 Å². The predicted octanol–water partition coefficient (Wildman–Crippen LogP) is 3.55. The maximum absolute atomic E-state index is 12.8. The van der Waals surface area contributed by atoms with Crippen LogP contribution in [-0.4, -0.2) is 55.0 Å². The topological polar surface area (TPSA) is 83.6 Å². The van der Waals surface area contributed by atoms with Crippen molar-refractivity contribution in [3.05, 3.63) is 40.4 Å². The third-order valence-corrected chi connectivity index (χ3v) is 5.90. The van der Waals surface area contributed by atoms with Crippen LogP contribution < -0.4 is 10.6 Å². The van der Waals surface area contributed by atoms with Gasteiger partial charge in [-0.25, -0.2) is 4.98 Å². The Morgan fingerprint density at radius 3 is 2.79 bits per heavy atom. The summed E-state index contributed by atoms with van der Waals surface area (Å²) in [4.78, 5) is 31.1. The minimum Gasteiger partial charge on any atom is -0.385 e. The molecule has 0 unspecified atom stereocenters. The predicted molar refractivity (Wildman–Crippen MR) is 115 cm³/mol. The van der Waals surface area contributed by atoms with E-state index in [4.69, 9.17) is 16.3 Å². The molecule has 9 heteroatoms. The molecule has 0 saturated carbocycles. The molecule has 156 valence electrons. The highest BCUT2D eigenvalue weighted by Crippen LogP contribution is 2.27. The fourth-order valence-corrected chi connectivity index (χ4v) is 4.07. The van der Waals surface area contributed by atoms with Gasteiger partial charge in [0.25, 0.3) is 5.91 Å². The molecule has 1 aliphatic rings. The number of para-hydroxylation sites is 1. The van der Waals surface area contributed by atoms with Crippen LogP contribution in [0.3, 0.4) is 0 Å². The number of thiazole rings is 1. The van der Waals surface area contributed by atoms with Crippen LogP contribution in [0.1, 0.15) is 29.8 Å². The number of carbonyl (C=O) groups excluding carboxylic acids is 2. The SMILES string of the molecule is COCCCNC(=O)C1CCN(C(=O)c2csc(Nc3ccccc3Cl)n2)CC1. The van der Waals surface area contributed by atoms with Gasteiger partial charge in [-0.15, -0.1) is 11.3 Å². The number of anilines is 2. The molecule has 3 rings (SSSR count). The Morgan fingerprint density at radius 1 is 1.31 bits per heavy atom. The van der Waals surface area contributed by atoms with E-state index in [-0.39, 0.29) is 17.7 Å². The van der Waals surface area contributed by atoms with E-state index in [0.29, 0.717) is 54.9 Å². The maximum atomic E-state index is 12.8. The number of halogens is 1. The summed E-state index contributed by atoms with van der Waals surface area (Å²) in [6.07, 6.45) is 2.13. The summed E-state index contributed by atoms with van der Waals surface area (Å²) in [7, 11) is 1.65. The number of hydrogen-bond acceptors (Lipinski definition) is 6. The lowest BCUT2D eigenvalue weighted by molar-refractivity contribution is -0.126. The Hall–Kier alpha value is -2.16. The summed E-state index contributed by atoms with van der Waals surface area (Å²) in [5.74, 6) is -0.0880. The molecule has 0 atom stereocenters. The van der Waals surface area contributed by atoms with E-state index in [0.717, 1.165) is 12.1 Å². The van der Waals surface area contributed by atoms with E-state index in [1.54, 1.807) is 23.5 Å². The second kappa shape index (κ2) is 10.6. The number of piperidine rings is 1. The Kier molecular flexibility index (Phi) is 7.85. The van der Waals surface area contributed by atoms with Gasteiger partial charge in [-0.1, -0.05) is 23.7 Å². The molecule has 2 N–H and O–H groups in total. The average Bonchev–Trinajstić information content (AvgIpc) is 3.21. The minimum atomic E-state index is -0.104. The highest BCUT2D eigenvalue weighted by molar-refractivity contribution is 7.14. The Morgan fingerprint density at radius 2 is 2.07 bits per heavy atom. The number of aromatic nitrogens is 1. The van der Waals surface area contributed by atoms with Crippen LogP contribution in [-0.2, 0) is 9.53 Å². The zero-order valence-electron chi connectivity index (χ0n) is 16.3. The van der Waals surface area contributed by atoms with Crippen molar-refractivity contribution in [1.82, 2.24) is 15.2 Å². The molecule has 1 fully saturated rings. The summed E-state index contributed by atoms with van der Waals surface area (Å²) in [6.45, 7) is 2.36. The highest BCUT2D eigenvalue weighted by Gasteiger charge is 2.28. The van der Waals surface area contributed by atoms with E-state index < -0.39 is 0 Å². The summed E-state index contributed by atoms with van der Waals surface area (Å²) in [5, 5.41) is 9.04. The van der Waals surface area contributed by atoms with Crippen LogP contribution in [0, 0.1) is 5.92 Å². The molecule has 2 heterocycles. The van der Waals surface area contributed by atoms with E-state index in [9.17, 15) is 9.59 Å². The molecule has 1 aromatic heterocycles. The normalized spacial score (nSPS) is 14.6. The van der Waals surface area contributed by atoms with E-state index in [2.05, 4.69) is 15.6 Å². The number of amides is 2. The fourth-order valence-electron chi connectivity index (χ4n) is 3.19. The molecule has 0 radical (unpaired) electrons.